The summed E-state index contributed by atoms with van der Waals surface area (Å²) < 4.78 is 34.3. The van der Waals surface area contributed by atoms with Crippen LogP contribution in [-0.2, 0) is 4.74 Å². The average molecular weight is 519 g/mol. The predicted molar refractivity (Wildman–Crippen MR) is 120 cm³/mol. The fourth-order valence-corrected chi connectivity index (χ4v) is 4.62. The minimum absolute atomic E-state index is 0. The summed E-state index contributed by atoms with van der Waals surface area (Å²) in [5, 5.41) is 0.350. The van der Waals surface area contributed by atoms with Crippen molar-refractivity contribution in [1.82, 2.24) is 9.88 Å². The lowest BCUT2D eigenvalue weighted by Crippen LogP contribution is -2.43. The first-order valence-corrected chi connectivity index (χ1v) is 10.8. The molecule has 5 nitrogen and oxygen atoms in total. The molecule has 2 aromatic carbocycles. The normalized spacial score (nSPS) is 14.5. The Hall–Kier alpha value is -1.65. The van der Waals surface area contributed by atoms with Crippen LogP contribution in [0.15, 0.2) is 40.9 Å². The molecule has 1 aliphatic rings. The van der Waals surface area contributed by atoms with Gasteiger partial charge in [-0.2, -0.15) is 0 Å². The van der Waals surface area contributed by atoms with E-state index in [1.54, 1.807) is 23.1 Å². The number of fused-ring (bicyclic) bond motifs is 1. The molecule has 0 radical (unpaired) electrons. The minimum Gasteiger partial charge on any atom is -0.379 e. The van der Waals surface area contributed by atoms with E-state index in [0.717, 1.165) is 35.0 Å². The van der Waals surface area contributed by atoms with Crippen LogP contribution in [-0.4, -0.2) is 55.2 Å². The van der Waals surface area contributed by atoms with Crippen molar-refractivity contribution in [1.29, 1.82) is 0 Å². The Morgan fingerprint density at radius 2 is 2.00 bits per heavy atom. The summed E-state index contributed by atoms with van der Waals surface area (Å²) in [6.45, 7) is 3.92. The Bertz CT molecular complexity index is 1050. The summed E-state index contributed by atoms with van der Waals surface area (Å²) >= 11 is 4.49. The molecule has 160 valence electrons. The van der Waals surface area contributed by atoms with Crippen LogP contribution in [0.2, 0.25) is 0 Å². The Morgan fingerprint density at radius 1 is 1.23 bits per heavy atom. The Kier molecular flexibility index (Phi) is 7.75. The van der Waals surface area contributed by atoms with Crippen molar-refractivity contribution in [3.05, 3.63) is 58.1 Å². The Labute approximate surface area is 191 Å². The van der Waals surface area contributed by atoms with E-state index in [9.17, 15) is 13.6 Å². The molecule has 1 fully saturated rings. The van der Waals surface area contributed by atoms with Gasteiger partial charge in [0, 0.05) is 42.3 Å². The van der Waals surface area contributed by atoms with E-state index in [0.29, 0.717) is 41.7 Å². The Morgan fingerprint density at radius 3 is 2.73 bits per heavy atom. The number of carbonyl (C=O) groups is 1. The van der Waals surface area contributed by atoms with Crippen LogP contribution in [0.3, 0.4) is 0 Å². The topological polar surface area (TPSA) is 45.7 Å². The quantitative estimate of drug-likeness (QED) is 0.490. The largest absolute Gasteiger partial charge is 0.379 e. The monoisotopic (exact) mass is 517 g/mol. The van der Waals surface area contributed by atoms with Crippen molar-refractivity contribution in [2.75, 3.05) is 44.3 Å². The molecule has 0 saturated carbocycles. The highest BCUT2D eigenvalue weighted by molar-refractivity contribution is 9.10. The zero-order valence-electron chi connectivity index (χ0n) is 15.8. The minimum atomic E-state index is -0.731. The van der Waals surface area contributed by atoms with E-state index in [2.05, 4.69) is 25.8 Å². The summed E-state index contributed by atoms with van der Waals surface area (Å²) in [6.07, 6.45) is 0. The third-order valence-corrected chi connectivity index (χ3v) is 6.21. The highest BCUT2D eigenvalue weighted by Crippen LogP contribution is 2.32. The first-order chi connectivity index (χ1) is 14.0. The molecule has 2 heterocycles. The number of nitrogens with zero attached hydrogens (tertiary/aromatic N) is 3. The smallest absolute Gasteiger partial charge is 0.260 e. The lowest BCUT2D eigenvalue weighted by atomic mass is 10.2. The molecule has 0 aliphatic carbocycles. The number of morpholine rings is 1. The summed E-state index contributed by atoms with van der Waals surface area (Å²) in [5.74, 6) is -1.63. The standard InChI is InChI=1S/C20H18BrF2N3O2S.ClH/c21-14-3-1-2-13(10-14)19(27)26(5-4-25-6-8-28-9-7-25)20-24-18-16(23)11-15(22)12-17(18)29-20;/h1-3,10-12H,4-9H2;1H. The van der Waals surface area contributed by atoms with Gasteiger partial charge in [-0.05, 0) is 24.3 Å². The third kappa shape index (κ3) is 5.15. The molecule has 1 amide bonds. The maximum atomic E-state index is 14.1. The molecule has 0 bridgehead atoms. The fraction of sp³-hybridized carbons (Fsp3) is 0.300. The van der Waals surface area contributed by atoms with E-state index in [4.69, 9.17) is 4.74 Å². The van der Waals surface area contributed by atoms with Crippen LogP contribution in [0, 0.1) is 11.6 Å². The predicted octanol–water partition coefficient (Wildman–Crippen LogP) is 4.74. The van der Waals surface area contributed by atoms with Gasteiger partial charge in [-0.1, -0.05) is 33.3 Å². The zero-order chi connectivity index (χ0) is 20.4. The maximum Gasteiger partial charge on any atom is 0.260 e. The van der Waals surface area contributed by atoms with Gasteiger partial charge in [0.2, 0.25) is 0 Å². The van der Waals surface area contributed by atoms with E-state index in [1.807, 2.05) is 6.07 Å². The van der Waals surface area contributed by atoms with Crippen LogP contribution in [0.4, 0.5) is 13.9 Å². The summed E-state index contributed by atoms with van der Waals surface area (Å²) in [4.78, 5) is 21.3. The van der Waals surface area contributed by atoms with Gasteiger partial charge in [-0.25, -0.2) is 13.8 Å². The van der Waals surface area contributed by atoms with Crippen LogP contribution in [0.5, 0.6) is 0 Å². The van der Waals surface area contributed by atoms with Crippen molar-refractivity contribution in [3.8, 4) is 0 Å². The van der Waals surface area contributed by atoms with Gasteiger partial charge >= 0.3 is 0 Å². The number of halogens is 4. The van der Waals surface area contributed by atoms with Gasteiger partial charge in [-0.15, -0.1) is 12.4 Å². The second-order valence-corrected chi connectivity index (χ2v) is 8.58. The average Bonchev–Trinajstić information content (AvgIpc) is 3.13. The van der Waals surface area contributed by atoms with Crippen molar-refractivity contribution in [2.24, 2.45) is 0 Å². The zero-order valence-corrected chi connectivity index (χ0v) is 19.0. The summed E-state index contributed by atoms with van der Waals surface area (Å²) in [5.41, 5.74) is 0.567. The molecular formula is C20H19BrClF2N3O2S. The highest BCUT2D eigenvalue weighted by Gasteiger charge is 2.24. The van der Waals surface area contributed by atoms with Gasteiger partial charge in [-0.3, -0.25) is 14.6 Å². The molecule has 0 spiro atoms. The van der Waals surface area contributed by atoms with Gasteiger partial charge < -0.3 is 4.74 Å². The number of thiazole rings is 1. The molecule has 10 heteroatoms. The van der Waals surface area contributed by atoms with Gasteiger partial charge in [0.1, 0.15) is 11.3 Å². The van der Waals surface area contributed by atoms with E-state index in [1.165, 1.54) is 6.07 Å². The molecule has 30 heavy (non-hydrogen) atoms. The molecule has 0 unspecified atom stereocenters. The lowest BCUT2D eigenvalue weighted by molar-refractivity contribution is 0.0391. The fourth-order valence-electron chi connectivity index (χ4n) is 3.19. The van der Waals surface area contributed by atoms with Crippen molar-refractivity contribution in [2.45, 2.75) is 0 Å². The number of hydrogen-bond donors (Lipinski definition) is 0. The van der Waals surface area contributed by atoms with E-state index >= 15 is 0 Å². The molecule has 1 aromatic heterocycles. The molecule has 0 N–H and O–H groups in total. The molecular weight excluding hydrogens is 500 g/mol. The maximum absolute atomic E-state index is 14.1. The van der Waals surface area contributed by atoms with Crippen LogP contribution in [0.1, 0.15) is 10.4 Å². The van der Waals surface area contributed by atoms with Crippen molar-refractivity contribution >= 4 is 60.9 Å². The number of anilines is 1. The van der Waals surface area contributed by atoms with Crippen LogP contribution in [0.25, 0.3) is 10.2 Å². The second-order valence-electron chi connectivity index (χ2n) is 6.65. The Balaban J connectivity index is 0.00000256. The number of carbonyl (C=O) groups excluding carboxylic acids is 1. The van der Waals surface area contributed by atoms with Gasteiger partial charge in [0.25, 0.3) is 5.91 Å². The van der Waals surface area contributed by atoms with Crippen molar-refractivity contribution in [3.63, 3.8) is 0 Å². The van der Waals surface area contributed by atoms with E-state index < -0.39 is 11.6 Å². The number of rotatable bonds is 5. The summed E-state index contributed by atoms with van der Waals surface area (Å²) in [7, 11) is 0. The summed E-state index contributed by atoms with van der Waals surface area (Å²) in [6, 6.07) is 9.12. The van der Waals surface area contributed by atoms with E-state index in [-0.39, 0.29) is 23.8 Å². The SMILES string of the molecule is Cl.O=C(c1cccc(Br)c1)N(CCN1CCOCC1)c1nc2c(F)cc(F)cc2s1. The van der Waals surface area contributed by atoms with Crippen molar-refractivity contribution < 1.29 is 18.3 Å². The number of benzene rings is 2. The van der Waals surface area contributed by atoms with Crippen LogP contribution < -0.4 is 4.90 Å². The van der Waals surface area contributed by atoms with Crippen LogP contribution >= 0.6 is 39.7 Å². The second kappa shape index (κ2) is 10.1. The molecule has 0 atom stereocenters. The molecule has 1 saturated heterocycles. The number of ether oxygens (including phenoxy) is 1. The third-order valence-electron chi connectivity index (χ3n) is 4.69. The number of aromatic nitrogens is 1. The number of hydrogen-bond acceptors (Lipinski definition) is 5. The lowest BCUT2D eigenvalue weighted by Gasteiger charge is -2.29. The first-order valence-electron chi connectivity index (χ1n) is 9.14. The highest BCUT2D eigenvalue weighted by atomic mass is 79.9. The molecule has 4 rings (SSSR count). The molecule has 1 aliphatic heterocycles. The first kappa shape index (κ1) is 23.0. The van der Waals surface area contributed by atoms with Gasteiger partial charge in [0.05, 0.1) is 17.9 Å². The van der Waals surface area contributed by atoms with Gasteiger partial charge in [0.15, 0.2) is 10.9 Å². The molecule has 3 aromatic rings. The number of amides is 1.